The number of aryl methyl sites for hydroxylation is 3. The minimum atomic E-state index is 0.406. The highest BCUT2D eigenvalue weighted by molar-refractivity contribution is 7.17. The molecule has 1 aliphatic heterocycles. The average molecular weight is 369 g/mol. The minimum absolute atomic E-state index is 0.406. The van der Waals surface area contributed by atoms with Gasteiger partial charge in [-0.2, -0.15) is 4.98 Å². The molecule has 2 N–H and O–H groups in total. The summed E-state index contributed by atoms with van der Waals surface area (Å²) in [6, 6.07) is 6.71. The molecule has 26 heavy (non-hydrogen) atoms. The van der Waals surface area contributed by atoms with Crippen LogP contribution in [0.5, 0.6) is 11.6 Å². The van der Waals surface area contributed by atoms with E-state index in [9.17, 15) is 0 Å². The first kappa shape index (κ1) is 17.2. The quantitative estimate of drug-likeness (QED) is 0.706. The fourth-order valence-electron chi connectivity index (χ4n) is 3.54. The first-order valence-corrected chi connectivity index (χ1v) is 9.96. The van der Waals surface area contributed by atoms with E-state index in [0.717, 1.165) is 53.0 Å². The molecular formula is C20H24N4OS. The first-order chi connectivity index (χ1) is 12.6. The Morgan fingerprint density at radius 1 is 1.12 bits per heavy atom. The van der Waals surface area contributed by atoms with Gasteiger partial charge in [-0.25, -0.2) is 4.98 Å². The Balaban J connectivity index is 1.68. The van der Waals surface area contributed by atoms with Crippen LogP contribution in [0.25, 0.3) is 10.2 Å². The van der Waals surface area contributed by atoms with Crippen LogP contribution in [-0.2, 0) is 0 Å². The predicted octanol–water partition coefficient (Wildman–Crippen LogP) is 4.57. The van der Waals surface area contributed by atoms with Crippen molar-refractivity contribution in [3.05, 3.63) is 40.3 Å². The highest BCUT2D eigenvalue weighted by Crippen LogP contribution is 2.35. The molecule has 136 valence electrons. The lowest BCUT2D eigenvalue weighted by Gasteiger charge is -2.23. The van der Waals surface area contributed by atoms with Crippen LogP contribution in [0, 0.1) is 20.8 Å². The summed E-state index contributed by atoms with van der Waals surface area (Å²) in [6.07, 6.45) is 2.16. The van der Waals surface area contributed by atoms with Crippen LogP contribution in [-0.4, -0.2) is 29.1 Å². The zero-order chi connectivity index (χ0) is 18.1. The van der Waals surface area contributed by atoms with Gasteiger partial charge in [-0.3, -0.25) is 0 Å². The Hall–Kier alpha value is -2.18. The van der Waals surface area contributed by atoms with E-state index in [-0.39, 0.29) is 0 Å². The maximum Gasteiger partial charge on any atom is 0.242 e. The highest BCUT2D eigenvalue weighted by atomic mass is 32.1. The summed E-state index contributed by atoms with van der Waals surface area (Å²) >= 11 is 1.62. The summed E-state index contributed by atoms with van der Waals surface area (Å²) in [4.78, 5) is 9.39. The third-order valence-corrected chi connectivity index (χ3v) is 5.64. The van der Waals surface area contributed by atoms with E-state index in [1.54, 1.807) is 11.3 Å². The van der Waals surface area contributed by atoms with Gasteiger partial charge in [0.05, 0.1) is 5.52 Å². The van der Waals surface area contributed by atoms with Gasteiger partial charge < -0.3 is 15.4 Å². The Morgan fingerprint density at radius 3 is 2.58 bits per heavy atom. The molecule has 0 radical (unpaired) electrons. The molecule has 3 aromatic rings. The topological polar surface area (TPSA) is 59.1 Å². The van der Waals surface area contributed by atoms with Crippen molar-refractivity contribution in [3.8, 4) is 11.6 Å². The van der Waals surface area contributed by atoms with Crippen LogP contribution >= 0.6 is 11.3 Å². The molecule has 0 saturated carbocycles. The Kier molecular flexibility index (Phi) is 4.78. The second kappa shape index (κ2) is 7.21. The molecule has 1 aromatic carbocycles. The van der Waals surface area contributed by atoms with Gasteiger partial charge >= 0.3 is 0 Å². The SMILES string of the molecule is Cc1cc(C)c(Oc2nc(NC3CCNCC3)nc3ccsc23)c(C)c1. The van der Waals surface area contributed by atoms with Gasteiger partial charge in [0.1, 0.15) is 10.4 Å². The van der Waals surface area contributed by atoms with Gasteiger partial charge in [0.15, 0.2) is 0 Å². The van der Waals surface area contributed by atoms with Crippen LogP contribution < -0.4 is 15.4 Å². The smallest absolute Gasteiger partial charge is 0.242 e. The van der Waals surface area contributed by atoms with Crippen molar-refractivity contribution in [2.45, 2.75) is 39.7 Å². The molecule has 0 amide bonds. The van der Waals surface area contributed by atoms with Crippen molar-refractivity contribution in [3.63, 3.8) is 0 Å². The van der Waals surface area contributed by atoms with Crippen LogP contribution in [0.15, 0.2) is 23.6 Å². The number of benzene rings is 1. The van der Waals surface area contributed by atoms with Gasteiger partial charge in [-0.05, 0) is 69.3 Å². The molecule has 0 bridgehead atoms. The lowest BCUT2D eigenvalue weighted by molar-refractivity contribution is 0.458. The number of rotatable bonds is 4. The van der Waals surface area contributed by atoms with E-state index in [1.165, 1.54) is 5.56 Å². The van der Waals surface area contributed by atoms with Crippen molar-refractivity contribution in [2.75, 3.05) is 18.4 Å². The molecule has 1 fully saturated rings. The summed E-state index contributed by atoms with van der Waals surface area (Å²) in [5.41, 5.74) is 4.42. The van der Waals surface area contributed by atoms with Gasteiger partial charge in [0, 0.05) is 6.04 Å². The van der Waals surface area contributed by atoms with Gasteiger partial charge in [-0.1, -0.05) is 17.7 Å². The third-order valence-electron chi connectivity index (χ3n) is 4.75. The van der Waals surface area contributed by atoms with E-state index in [2.05, 4.69) is 48.5 Å². The van der Waals surface area contributed by atoms with E-state index in [1.807, 2.05) is 11.4 Å². The van der Waals surface area contributed by atoms with Gasteiger partial charge in [0.2, 0.25) is 11.8 Å². The molecule has 0 atom stereocenters. The average Bonchev–Trinajstić information content (AvgIpc) is 3.07. The largest absolute Gasteiger partial charge is 0.437 e. The number of aromatic nitrogens is 2. The normalized spacial score (nSPS) is 15.3. The van der Waals surface area contributed by atoms with E-state index in [4.69, 9.17) is 9.72 Å². The second-order valence-electron chi connectivity index (χ2n) is 6.99. The monoisotopic (exact) mass is 368 g/mol. The molecule has 0 spiro atoms. The second-order valence-corrected chi connectivity index (χ2v) is 7.90. The zero-order valence-electron chi connectivity index (χ0n) is 15.4. The van der Waals surface area contributed by atoms with Crippen molar-refractivity contribution < 1.29 is 4.74 Å². The summed E-state index contributed by atoms with van der Waals surface area (Å²) in [7, 11) is 0. The van der Waals surface area contributed by atoms with Crippen LogP contribution in [0.2, 0.25) is 0 Å². The van der Waals surface area contributed by atoms with E-state index in [0.29, 0.717) is 17.9 Å². The highest BCUT2D eigenvalue weighted by Gasteiger charge is 2.17. The zero-order valence-corrected chi connectivity index (χ0v) is 16.2. The van der Waals surface area contributed by atoms with Crippen molar-refractivity contribution in [1.29, 1.82) is 0 Å². The van der Waals surface area contributed by atoms with Crippen molar-refractivity contribution >= 4 is 27.5 Å². The number of ether oxygens (including phenoxy) is 1. The Morgan fingerprint density at radius 2 is 1.85 bits per heavy atom. The van der Waals surface area contributed by atoms with E-state index < -0.39 is 0 Å². The summed E-state index contributed by atoms with van der Waals surface area (Å²) in [5.74, 6) is 2.17. The fraction of sp³-hybridized carbons (Fsp3) is 0.400. The third kappa shape index (κ3) is 3.52. The molecule has 5 nitrogen and oxygen atoms in total. The number of thiophene rings is 1. The molecule has 0 aliphatic carbocycles. The molecular weight excluding hydrogens is 344 g/mol. The molecule has 1 aliphatic rings. The summed E-state index contributed by atoms with van der Waals surface area (Å²) in [5, 5.41) is 8.91. The molecule has 0 unspecified atom stereocenters. The summed E-state index contributed by atoms with van der Waals surface area (Å²) in [6.45, 7) is 8.33. The fourth-order valence-corrected chi connectivity index (χ4v) is 4.30. The molecule has 6 heteroatoms. The Bertz CT molecular complexity index is 908. The standard InChI is InChI=1S/C20H24N4OS/c1-12-10-13(2)17(14(3)11-12)25-19-18-16(6-9-26-18)23-20(24-19)22-15-4-7-21-8-5-15/h6,9-11,15,21H,4-5,7-8H2,1-3H3,(H,22,23,24). The van der Waals surface area contributed by atoms with E-state index >= 15 is 0 Å². The predicted molar refractivity (Wildman–Crippen MR) is 108 cm³/mol. The number of nitrogens with one attached hydrogen (secondary N) is 2. The number of piperidine rings is 1. The number of fused-ring (bicyclic) bond motifs is 1. The van der Waals surface area contributed by atoms with Gasteiger partial charge in [-0.15, -0.1) is 11.3 Å². The van der Waals surface area contributed by atoms with Crippen molar-refractivity contribution in [2.24, 2.45) is 0 Å². The van der Waals surface area contributed by atoms with Crippen LogP contribution in [0.3, 0.4) is 0 Å². The molecule has 4 rings (SSSR count). The molecule has 3 heterocycles. The van der Waals surface area contributed by atoms with Crippen LogP contribution in [0.4, 0.5) is 5.95 Å². The number of anilines is 1. The molecule has 2 aromatic heterocycles. The number of hydrogen-bond donors (Lipinski definition) is 2. The van der Waals surface area contributed by atoms with Crippen LogP contribution in [0.1, 0.15) is 29.5 Å². The Labute approximate surface area is 157 Å². The summed E-state index contributed by atoms with van der Waals surface area (Å²) < 4.78 is 7.29. The maximum atomic E-state index is 6.30. The van der Waals surface area contributed by atoms with Crippen molar-refractivity contribution in [1.82, 2.24) is 15.3 Å². The molecule has 1 saturated heterocycles. The number of nitrogens with zero attached hydrogens (tertiary/aromatic N) is 2. The lowest BCUT2D eigenvalue weighted by Crippen LogP contribution is -2.35. The number of hydrogen-bond acceptors (Lipinski definition) is 6. The van der Waals surface area contributed by atoms with Gasteiger partial charge in [0.25, 0.3) is 0 Å². The maximum absolute atomic E-state index is 6.30. The first-order valence-electron chi connectivity index (χ1n) is 9.08. The minimum Gasteiger partial charge on any atom is -0.437 e. The lowest BCUT2D eigenvalue weighted by atomic mass is 10.1.